The smallest absolute Gasteiger partial charge is 0.346 e. The van der Waals surface area contributed by atoms with Gasteiger partial charge in [0.15, 0.2) is 6.29 Å². The van der Waals surface area contributed by atoms with Gasteiger partial charge >= 0.3 is 6.11 Å². The Labute approximate surface area is 256 Å². The van der Waals surface area contributed by atoms with E-state index in [1.54, 1.807) is 12.1 Å². The number of rotatable bonds is 10. The number of benzene rings is 4. The number of nitrogens with zero attached hydrogens (tertiary/aromatic N) is 1. The first-order chi connectivity index (χ1) is 21.6. The Kier molecular flexibility index (Phi) is 9.93. The van der Waals surface area contributed by atoms with Crippen LogP contribution in [0.5, 0.6) is 0 Å². The van der Waals surface area contributed by atoms with Crippen LogP contribution in [-0.2, 0) is 26.7 Å². The van der Waals surface area contributed by atoms with Crippen molar-refractivity contribution in [2.45, 2.75) is 51.1 Å². The normalized spacial score (nSPS) is 16.8. The van der Waals surface area contributed by atoms with E-state index in [4.69, 9.17) is 14.7 Å². The van der Waals surface area contributed by atoms with Gasteiger partial charge in [0, 0.05) is 11.1 Å². The van der Waals surface area contributed by atoms with Crippen molar-refractivity contribution in [2.24, 2.45) is 0 Å². The average molecular weight is 626 g/mol. The third-order valence-corrected chi connectivity index (χ3v) is 7.54. The highest BCUT2D eigenvalue weighted by molar-refractivity contribution is 5.71. The molecule has 4 nitrogen and oxygen atoms in total. The van der Waals surface area contributed by atoms with Gasteiger partial charge in [-0.1, -0.05) is 62.2 Å². The Morgan fingerprint density at radius 1 is 0.778 bits per heavy atom. The van der Waals surface area contributed by atoms with E-state index in [0.717, 1.165) is 37.3 Å². The lowest BCUT2D eigenvalue weighted by Crippen LogP contribution is -2.38. The zero-order valence-electron chi connectivity index (χ0n) is 24.3. The fourth-order valence-electron chi connectivity index (χ4n) is 5.16. The fraction of sp³-hybridized carbons (Fsp3) is 0.286. The zero-order valence-corrected chi connectivity index (χ0v) is 24.3. The van der Waals surface area contributed by atoms with Crippen LogP contribution in [0.25, 0.3) is 22.3 Å². The van der Waals surface area contributed by atoms with E-state index in [-0.39, 0.29) is 22.3 Å². The van der Waals surface area contributed by atoms with Gasteiger partial charge in [0.2, 0.25) is 0 Å². The number of alkyl halides is 2. The highest BCUT2D eigenvalue weighted by atomic mass is 19.3. The van der Waals surface area contributed by atoms with E-state index < -0.39 is 60.5 Å². The number of halogens is 6. The van der Waals surface area contributed by atoms with Crippen LogP contribution in [0.2, 0.25) is 0 Å². The van der Waals surface area contributed by atoms with Crippen molar-refractivity contribution in [3.8, 4) is 28.3 Å². The summed E-state index contributed by atoms with van der Waals surface area (Å²) in [5, 5.41) is 8.85. The van der Waals surface area contributed by atoms with E-state index in [0.29, 0.717) is 17.7 Å². The molecule has 4 aromatic rings. The highest BCUT2D eigenvalue weighted by Gasteiger charge is 2.43. The molecule has 0 atom stereocenters. The second-order valence-corrected chi connectivity index (χ2v) is 10.8. The second kappa shape index (κ2) is 13.9. The van der Waals surface area contributed by atoms with Crippen LogP contribution in [0.1, 0.15) is 54.7 Å². The zero-order chi connectivity index (χ0) is 32.1. The molecule has 0 unspecified atom stereocenters. The lowest BCUT2D eigenvalue weighted by Gasteiger charge is -2.32. The molecule has 0 saturated carbocycles. The average Bonchev–Trinajstić information content (AvgIpc) is 3.01. The molecule has 0 spiro atoms. The highest BCUT2D eigenvalue weighted by Crippen LogP contribution is 2.39. The van der Waals surface area contributed by atoms with Gasteiger partial charge in [-0.25, -0.2) is 17.6 Å². The Hall–Kier alpha value is -4.17. The van der Waals surface area contributed by atoms with Gasteiger partial charge in [-0.05, 0) is 65.4 Å². The predicted molar refractivity (Wildman–Crippen MR) is 155 cm³/mol. The summed E-state index contributed by atoms with van der Waals surface area (Å²) in [6.07, 6.45) is -2.68. The lowest BCUT2D eigenvalue weighted by atomic mass is 9.97. The number of unbranched alkanes of at least 4 members (excludes halogenated alkanes) is 2. The quantitative estimate of drug-likeness (QED) is 0.130. The van der Waals surface area contributed by atoms with Crippen molar-refractivity contribution in [3.05, 3.63) is 118 Å². The minimum absolute atomic E-state index is 0.164. The number of hydrogen-bond acceptors (Lipinski definition) is 4. The fourth-order valence-corrected chi connectivity index (χ4v) is 5.16. The van der Waals surface area contributed by atoms with Crippen LogP contribution >= 0.6 is 0 Å². The Balaban J connectivity index is 1.26. The van der Waals surface area contributed by atoms with Gasteiger partial charge in [0.1, 0.15) is 41.0 Å². The molecular weight excluding hydrogens is 596 g/mol. The molecule has 1 aliphatic rings. The summed E-state index contributed by atoms with van der Waals surface area (Å²) in [6, 6.07) is 18.4. The maximum atomic E-state index is 15.1. The molecule has 1 fully saturated rings. The van der Waals surface area contributed by atoms with Crippen molar-refractivity contribution in [2.75, 3.05) is 13.2 Å². The van der Waals surface area contributed by atoms with Crippen molar-refractivity contribution < 1.29 is 40.6 Å². The van der Waals surface area contributed by atoms with Crippen molar-refractivity contribution in [1.82, 2.24) is 0 Å². The molecule has 45 heavy (non-hydrogen) atoms. The predicted octanol–water partition coefficient (Wildman–Crippen LogP) is 9.36. The Morgan fingerprint density at radius 2 is 1.42 bits per heavy atom. The van der Waals surface area contributed by atoms with Crippen LogP contribution in [0.3, 0.4) is 0 Å². The minimum atomic E-state index is -4.43. The molecule has 10 heteroatoms. The first-order valence-electron chi connectivity index (χ1n) is 14.5. The van der Waals surface area contributed by atoms with Crippen molar-refractivity contribution in [1.29, 1.82) is 5.26 Å². The van der Waals surface area contributed by atoms with Gasteiger partial charge in [0.25, 0.3) is 0 Å². The van der Waals surface area contributed by atoms with Gasteiger partial charge in [0.05, 0.1) is 18.8 Å². The molecule has 0 N–H and O–H groups in total. The third kappa shape index (κ3) is 7.39. The Bertz CT molecular complexity index is 1670. The van der Waals surface area contributed by atoms with Gasteiger partial charge in [-0.3, -0.25) is 0 Å². The maximum Gasteiger partial charge on any atom is 0.389 e. The van der Waals surface area contributed by atoms with Crippen molar-refractivity contribution in [3.63, 3.8) is 0 Å². The molecule has 1 aliphatic heterocycles. The van der Waals surface area contributed by atoms with E-state index in [2.05, 4.69) is 11.7 Å². The topological polar surface area (TPSA) is 51.5 Å². The lowest BCUT2D eigenvalue weighted by molar-refractivity contribution is -0.322. The molecule has 234 valence electrons. The summed E-state index contributed by atoms with van der Waals surface area (Å²) in [6.45, 7) is 1.22. The van der Waals surface area contributed by atoms with E-state index in [1.807, 2.05) is 24.3 Å². The molecule has 0 aromatic heterocycles. The summed E-state index contributed by atoms with van der Waals surface area (Å²) >= 11 is 0. The molecule has 0 aliphatic carbocycles. The number of nitriles is 1. The number of ether oxygens (including phenoxy) is 3. The third-order valence-electron chi connectivity index (χ3n) is 7.54. The van der Waals surface area contributed by atoms with Gasteiger partial charge in [-0.15, -0.1) is 0 Å². The van der Waals surface area contributed by atoms with E-state index in [9.17, 15) is 4.39 Å². The van der Waals surface area contributed by atoms with Crippen LogP contribution < -0.4 is 0 Å². The van der Waals surface area contributed by atoms with Crippen LogP contribution in [0.15, 0.2) is 72.8 Å². The first-order valence-corrected chi connectivity index (χ1v) is 14.5. The Morgan fingerprint density at radius 3 is 2.02 bits per heavy atom. The first kappa shape index (κ1) is 32.2. The molecular formula is C35H29F6NO3. The van der Waals surface area contributed by atoms with Gasteiger partial charge < -0.3 is 14.2 Å². The number of aryl methyl sites for hydroxylation is 1. The summed E-state index contributed by atoms with van der Waals surface area (Å²) < 4.78 is 105. The molecule has 0 radical (unpaired) electrons. The largest absolute Gasteiger partial charge is 0.389 e. The molecule has 1 heterocycles. The summed E-state index contributed by atoms with van der Waals surface area (Å²) in [4.78, 5) is 0. The molecule has 0 bridgehead atoms. The molecule has 4 aromatic carbocycles. The van der Waals surface area contributed by atoms with Gasteiger partial charge in [-0.2, -0.15) is 14.0 Å². The SMILES string of the molecule is CCCCCc1ccc(-c2ccc(-c3cc(F)c(C(F)(F)OC4COC(c5ccc(C#N)c(F)c5)OC4)c(F)c3)c(F)c2)cc1. The molecule has 0 amide bonds. The van der Waals surface area contributed by atoms with Crippen LogP contribution in [0.4, 0.5) is 26.3 Å². The molecule has 1 saturated heterocycles. The van der Waals surface area contributed by atoms with Crippen LogP contribution in [0, 0.1) is 34.6 Å². The van der Waals surface area contributed by atoms with Crippen molar-refractivity contribution >= 4 is 0 Å². The summed E-state index contributed by atoms with van der Waals surface area (Å²) in [5.74, 6) is -4.83. The minimum Gasteiger partial charge on any atom is -0.346 e. The van der Waals surface area contributed by atoms with E-state index >= 15 is 22.0 Å². The standard InChI is InChI=1S/C35H29F6NO3/c1-2-3-4-5-21-6-8-22(9-7-21)23-12-13-28(30(37)14-23)26-16-31(38)33(32(39)17-26)35(40,41)45-27-19-43-34(44-20-27)24-10-11-25(18-42)29(36)15-24/h6-17,27,34H,2-5,19-20H2,1H3. The summed E-state index contributed by atoms with van der Waals surface area (Å²) in [7, 11) is 0. The van der Waals surface area contributed by atoms with Crippen LogP contribution in [-0.4, -0.2) is 19.3 Å². The van der Waals surface area contributed by atoms with E-state index in [1.165, 1.54) is 29.8 Å². The molecule has 5 rings (SSSR count). The second-order valence-electron chi connectivity index (χ2n) is 10.8. The monoisotopic (exact) mass is 625 g/mol. The summed E-state index contributed by atoms with van der Waals surface area (Å²) in [5.41, 5.74) is 0.434. The maximum absolute atomic E-state index is 15.1. The number of hydrogen-bond donors (Lipinski definition) is 0.